The monoisotopic (exact) mass is 238 g/mol. The fraction of sp³-hybridized carbons (Fsp3) is 0.667. The number of rotatable bonds is 8. The lowest BCUT2D eigenvalue weighted by atomic mass is 10.1. The number of hydrogen-bond donors (Lipinski definition) is 0. The van der Waals surface area contributed by atoms with Crippen molar-refractivity contribution in [1.29, 1.82) is 0 Å². The van der Waals surface area contributed by atoms with Crippen molar-refractivity contribution in [3.8, 4) is 0 Å². The van der Waals surface area contributed by atoms with Crippen molar-refractivity contribution in [2.24, 2.45) is 0 Å². The maximum Gasteiger partial charge on any atom is 0.152 e. The van der Waals surface area contributed by atoms with E-state index in [2.05, 4.69) is 26.8 Å². The topological polar surface area (TPSA) is 26.3 Å². The highest BCUT2D eigenvalue weighted by Crippen LogP contribution is 2.09. The molecular formula is C15H26O2. The highest BCUT2D eigenvalue weighted by molar-refractivity contribution is 5.87. The molecule has 0 bridgehead atoms. The first-order valence-electron chi connectivity index (χ1n) is 6.36. The van der Waals surface area contributed by atoms with Gasteiger partial charge in [0.1, 0.15) is 0 Å². The second-order valence-corrected chi connectivity index (χ2v) is 4.86. The zero-order chi connectivity index (χ0) is 13.3. The average Bonchev–Trinajstić information content (AvgIpc) is 2.15. The molecule has 0 N–H and O–H groups in total. The molecule has 0 aliphatic carbocycles. The molecule has 17 heavy (non-hydrogen) atoms. The molecule has 0 saturated heterocycles. The maximum atomic E-state index is 10.8. The first-order chi connectivity index (χ1) is 7.91. The lowest BCUT2D eigenvalue weighted by molar-refractivity contribution is -0.112. The number of carbonyl (C=O) groups excluding carboxylic acids is 1. The fourth-order valence-corrected chi connectivity index (χ4v) is 1.52. The van der Waals surface area contributed by atoms with Crippen LogP contribution in [0.3, 0.4) is 0 Å². The Labute approximate surface area is 106 Å². The minimum atomic E-state index is 0.133. The van der Waals surface area contributed by atoms with E-state index in [0.29, 0.717) is 6.10 Å². The second kappa shape index (κ2) is 9.17. The van der Waals surface area contributed by atoms with Gasteiger partial charge in [-0.2, -0.15) is 0 Å². The summed E-state index contributed by atoms with van der Waals surface area (Å²) in [4.78, 5) is 10.8. The number of ketones is 1. The Bertz CT molecular complexity index is 285. The molecule has 0 aliphatic rings. The van der Waals surface area contributed by atoms with Crippen LogP contribution < -0.4 is 0 Å². The van der Waals surface area contributed by atoms with Gasteiger partial charge in [-0.05, 0) is 60.0 Å². The van der Waals surface area contributed by atoms with Crippen molar-refractivity contribution in [2.75, 3.05) is 6.61 Å². The molecule has 0 atom stereocenters. The zero-order valence-corrected chi connectivity index (χ0v) is 11.9. The average molecular weight is 238 g/mol. The van der Waals surface area contributed by atoms with Gasteiger partial charge in [-0.15, -0.1) is 0 Å². The van der Waals surface area contributed by atoms with Crippen LogP contribution in [0, 0.1) is 0 Å². The Balaban J connectivity index is 3.80. The highest BCUT2D eigenvalue weighted by atomic mass is 16.5. The van der Waals surface area contributed by atoms with Gasteiger partial charge in [0.2, 0.25) is 0 Å². The van der Waals surface area contributed by atoms with E-state index in [0.717, 1.165) is 31.4 Å². The third kappa shape index (κ3) is 11.4. The molecule has 2 nitrogen and oxygen atoms in total. The molecule has 0 rings (SSSR count). The molecule has 2 heteroatoms. The smallest absolute Gasteiger partial charge is 0.152 e. The van der Waals surface area contributed by atoms with Gasteiger partial charge in [0.05, 0.1) is 12.7 Å². The van der Waals surface area contributed by atoms with Gasteiger partial charge in [-0.25, -0.2) is 0 Å². The summed E-state index contributed by atoms with van der Waals surface area (Å²) in [6, 6.07) is 0. The molecule has 0 saturated carbocycles. The number of carbonyl (C=O) groups is 1. The van der Waals surface area contributed by atoms with Crippen LogP contribution in [0.4, 0.5) is 0 Å². The molecule has 0 aromatic carbocycles. The second-order valence-electron chi connectivity index (χ2n) is 4.86. The quantitative estimate of drug-likeness (QED) is 0.471. The Morgan fingerprint density at radius 3 is 2.29 bits per heavy atom. The molecule has 0 radical (unpaired) electrons. The minimum absolute atomic E-state index is 0.133. The van der Waals surface area contributed by atoms with Gasteiger partial charge < -0.3 is 4.74 Å². The molecule has 0 aromatic heterocycles. The summed E-state index contributed by atoms with van der Waals surface area (Å²) < 4.78 is 5.50. The molecular weight excluding hydrogens is 212 g/mol. The predicted octanol–water partition coefficient (Wildman–Crippen LogP) is 4.06. The summed E-state index contributed by atoms with van der Waals surface area (Å²) in [5.41, 5.74) is 2.52. The molecule has 0 fully saturated rings. The van der Waals surface area contributed by atoms with Crippen molar-refractivity contribution >= 4 is 5.78 Å². The maximum absolute atomic E-state index is 10.8. The van der Waals surface area contributed by atoms with Crippen LogP contribution in [0.2, 0.25) is 0 Å². The van der Waals surface area contributed by atoms with Gasteiger partial charge in [-0.1, -0.05) is 17.2 Å². The van der Waals surface area contributed by atoms with Gasteiger partial charge >= 0.3 is 0 Å². The normalized spacial score (nSPS) is 13.3. The van der Waals surface area contributed by atoms with Gasteiger partial charge in [0, 0.05) is 0 Å². The summed E-state index contributed by atoms with van der Waals surface area (Å²) in [7, 11) is 0. The van der Waals surface area contributed by atoms with Crippen molar-refractivity contribution in [3.63, 3.8) is 0 Å². The summed E-state index contributed by atoms with van der Waals surface area (Å²) in [6.07, 6.45) is 7.22. The molecule has 0 unspecified atom stereocenters. The predicted molar refractivity (Wildman–Crippen MR) is 73.1 cm³/mol. The van der Waals surface area contributed by atoms with Crippen LogP contribution in [0.5, 0.6) is 0 Å². The lowest BCUT2D eigenvalue weighted by Gasteiger charge is -2.07. The van der Waals surface area contributed by atoms with Crippen LogP contribution in [-0.4, -0.2) is 18.5 Å². The van der Waals surface area contributed by atoms with Crippen molar-refractivity contribution in [2.45, 2.75) is 60.0 Å². The van der Waals surface area contributed by atoms with Crippen LogP contribution in [0.1, 0.15) is 53.9 Å². The van der Waals surface area contributed by atoms with Gasteiger partial charge in [0.25, 0.3) is 0 Å². The van der Waals surface area contributed by atoms with Crippen molar-refractivity contribution < 1.29 is 9.53 Å². The Kier molecular flexibility index (Phi) is 8.69. The van der Waals surface area contributed by atoms with E-state index in [1.807, 2.05) is 6.92 Å². The standard InChI is InChI=1S/C15H26O2/c1-12(2)17-10-9-13(3)7-6-8-14(4)11-15(5)16/h7,11-12H,6,8-10H2,1-5H3. The van der Waals surface area contributed by atoms with Gasteiger partial charge in [0.15, 0.2) is 5.78 Å². The van der Waals surface area contributed by atoms with E-state index in [-0.39, 0.29) is 5.78 Å². The van der Waals surface area contributed by atoms with E-state index in [1.165, 1.54) is 5.57 Å². The molecule has 0 heterocycles. The van der Waals surface area contributed by atoms with Crippen LogP contribution in [-0.2, 0) is 9.53 Å². The third-order valence-electron chi connectivity index (χ3n) is 2.43. The highest BCUT2D eigenvalue weighted by Gasteiger charge is 1.95. The molecule has 0 aliphatic heterocycles. The molecule has 98 valence electrons. The van der Waals surface area contributed by atoms with Gasteiger partial charge in [-0.3, -0.25) is 4.79 Å². The summed E-state index contributed by atoms with van der Waals surface area (Å²) in [6.45, 7) is 10.6. The first kappa shape index (κ1) is 16.1. The van der Waals surface area contributed by atoms with Crippen LogP contribution in [0.15, 0.2) is 23.3 Å². The molecule has 0 aromatic rings. The SMILES string of the molecule is CC(=O)C=C(C)CCC=C(C)CCOC(C)C. The van der Waals surface area contributed by atoms with E-state index in [1.54, 1.807) is 13.0 Å². The lowest BCUT2D eigenvalue weighted by Crippen LogP contribution is -2.03. The number of allylic oxidation sites excluding steroid dienone is 3. The zero-order valence-electron chi connectivity index (χ0n) is 11.9. The van der Waals surface area contributed by atoms with Crippen molar-refractivity contribution in [3.05, 3.63) is 23.3 Å². The van der Waals surface area contributed by atoms with Crippen molar-refractivity contribution in [1.82, 2.24) is 0 Å². The summed E-state index contributed by atoms with van der Waals surface area (Å²) in [5, 5.41) is 0. The van der Waals surface area contributed by atoms with Crippen LogP contribution in [0.25, 0.3) is 0 Å². The Hall–Kier alpha value is -0.890. The van der Waals surface area contributed by atoms with E-state index >= 15 is 0 Å². The summed E-state index contributed by atoms with van der Waals surface area (Å²) >= 11 is 0. The molecule has 0 spiro atoms. The summed E-state index contributed by atoms with van der Waals surface area (Å²) in [5.74, 6) is 0.133. The van der Waals surface area contributed by atoms with Crippen LogP contribution >= 0.6 is 0 Å². The largest absolute Gasteiger partial charge is 0.378 e. The van der Waals surface area contributed by atoms with E-state index in [4.69, 9.17) is 4.74 Å². The number of ether oxygens (including phenoxy) is 1. The third-order valence-corrected chi connectivity index (χ3v) is 2.43. The van der Waals surface area contributed by atoms with E-state index in [9.17, 15) is 4.79 Å². The van der Waals surface area contributed by atoms with E-state index < -0.39 is 0 Å². The first-order valence-corrected chi connectivity index (χ1v) is 6.36. The Morgan fingerprint density at radius 2 is 1.76 bits per heavy atom. The Morgan fingerprint density at radius 1 is 1.12 bits per heavy atom. The molecule has 0 amide bonds. The fourth-order valence-electron chi connectivity index (χ4n) is 1.52. The number of hydrogen-bond acceptors (Lipinski definition) is 2. The minimum Gasteiger partial charge on any atom is -0.378 e.